The highest BCUT2D eigenvalue weighted by Crippen LogP contribution is 2.28. The van der Waals surface area contributed by atoms with Crippen molar-refractivity contribution in [1.29, 1.82) is 0 Å². The Kier molecular flexibility index (Phi) is 6.22. The molecule has 0 aromatic carbocycles. The van der Waals surface area contributed by atoms with E-state index in [1.807, 2.05) is 0 Å². The van der Waals surface area contributed by atoms with Crippen molar-refractivity contribution in [3.63, 3.8) is 0 Å². The molecule has 3 nitrogen and oxygen atoms in total. The molecule has 0 radical (unpaired) electrons. The molecule has 0 saturated heterocycles. The summed E-state index contributed by atoms with van der Waals surface area (Å²) in [4.78, 5) is 0. The van der Waals surface area contributed by atoms with Crippen molar-refractivity contribution < 1.29 is 9.84 Å². The van der Waals surface area contributed by atoms with E-state index in [-0.39, 0.29) is 6.61 Å². The van der Waals surface area contributed by atoms with Crippen LogP contribution in [0.5, 0.6) is 0 Å². The second-order valence-electron chi connectivity index (χ2n) is 4.90. The number of ether oxygens (including phenoxy) is 1. The molecule has 0 aromatic rings. The lowest BCUT2D eigenvalue weighted by atomic mass is 9.80. The highest BCUT2D eigenvalue weighted by Gasteiger charge is 2.22. The molecule has 0 aromatic heterocycles. The minimum Gasteiger partial charge on any atom is -0.394 e. The lowest BCUT2D eigenvalue weighted by Gasteiger charge is -2.32. The number of aliphatic hydroxyl groups excluding tert-OH is 1. The maximum atomic E-state index is 8.54. The molecule has 1 aliphatic rings. The SMILES string of the molecule is C[C@H]1CC(NCCOCCO)C[C@H](C)C1. The van der Waals surface area contributed by atoms with Crippen LogP contribution in [0.1, 0.15) is 33.1 Å². The smallest absolute Gasteiger partial charge is 0.0698 e. The van der Waals surface area contributed by atoms with Gasteiger partial charge in [-0.1, -0.05) is 13.8 Å². The molecular weight excluding hydrogens is 190 g/mol. The van der Waals surface area contributed by atoms with Gasteiger partial charge in [0, 0.05) is 12.6 Å². The standard InChI is InChI=1S/C12H25NO2/c1-10-7-11(2)9-12(8-10)13-3-5-15-6-4-14/h10-14H,3-9H2,1-2H3/t10-,11-/m1/s1. The van der Waals surface area contributed by atoms with Gasteiger partial charge < -0.3 is 15.2 Å². The minimum atomic E-state index is 0.123. The average Bonchev–Trinajstić information content (AvgIpc) is 2.16. The fourth-order valence-electron chi connectivity index (χ4n) is 2.62. The molecule has 0 amide bonds. The van der Waals surface area contributed by atoms with Gasteiger partial charge in [0.25, 0.3) is 0 Å². The van der Waals surface area contributed by atoms with Crippen LogP contribution in [0.3, 0.4) is 0 Å². The van der Waals surface area contributed by atoms with Gasteiger partial charge in [0.1, 0.15) is 0 Å². The van der Waals surface area contributed by atoms with Crippen molar-refractivity contribution >= 4 is 0 Å². The van der Waals surface area contributed by atoms with Crippen molar-refractivity contribution in [2.75, 3.05) is 26.4 Å². The summed E-state index contributed by atoms with van der Waals surface area (Å²) >= 11 is 0. The molecule has 0 spiro atoms. The summed E-state index contributed by atoms with van der Waals surface area (Å²) in [5, 5.41) is 12.1. The summed E-state index contributed by atoms with van der Waals surface area (Å²) in [6, 6.07) is 0.668. The van der Waals surface area contributed by atoms with Crippen LogP contribution in [0, 0.1) is 11.8 Å². The highest BCUT2D eigenvalue weighted by atomic mass is 16.5. The Morgan fingerprint density at radius 2 is 1.80 bits per heavy atom. The molecule has 0 unspecified atom stereocenters. The Morgan fingerprint density at radius 1 is 1.13 bits per heavy atom. The zero-order valence-electron chi connectivity index (χ0n) is 10.0. The van der Waals surface area contributed by atoms with Gasteiger partial charge in [0.15, 0.2) is 0 Å². The Bertz CT molecular complexity index is 154. The number of hydrogen-bond donors (Lipinski definition) is 2. The minimum absolute atomic E-state index is 0.123. The maximum Gasteiger partial charge on any atom is 0.0698 e. The summed E-state index contributed by atoms with van der Waals surface area (Å²) < 4.78 is 5.22. The van der Waals surface area contributed by atoms with Gasteiger partial charge in [0.05, 0.1) is 19.8 Å². The van der Waals surface area contributed by atoms with Gasteiger partial charge in [0.2, 0.25) is 0 Å². The fraction of sp³-hybridized carbons (Fsp3) is 1.00. The third-order valence-corrected chi connectivity index (χ3v) is 3.09. The molecule has 1 aliphatic carbocycles. The predicted octanol–water partition coefficient (Wildman–Crippen LogP) is 1.41. The summed E-state index contributed by atoms with van der Waals surface area (Å²) in [5.41, 5.74) is 0. The van der Waals surface area contributed by atoms with E-state index in [1.165, 1.54) is 19.3 Å². The molecule has 1 saturated carbocycles. The van der Waals surface area contributed by atoms with Crippen molar-refractivity contribution in [3.8, 4) is 0 Å². The van der Waals surface area contributed by atoms with E-state index in [4.69, 9.17) is 9.84 Å². The quantitative estimate of drug-likeness (QED) is 0.658. The lowest BCUT2D eigenvalue weighted by molar-refractivity contribution is 0.0903. The van der Waals surface area contributed by atoms with Crippen LogP contribution >= 0.6 is 0 Å². The van der Waals surface area contributed by atoms with Crippen molar-refractivity contribution in [2.45, 2.75) is 39.2 Å². The number of hydrogen-bond acceptors (Lipinski definition) is 3. The Hall–Kier alpha value is -0.120. The van der Waals surface area contributed by atoms with Crippen molar-refractivity contribution in [2.24, 2.45) is 11.8 Å². The fourth-order valence-corrected chi connectivity index (χ4v) is 2.62. The molecule has 2 atom stereocenters. The average molecular weight is 215 g/mol. The van der Waals surface area contributed by atoms with Crippen LogP contribution in [0.4, 0.5) is 0 Å². The lowest BCUT2D eigenvalue weighted by Crippen LogP contribution is -2.38. The summed E-state index contributed by atoms with van der Waals surface area (Å²) in [7, 11) is 0. The molecule has 2 N–H and O–H groups in total. The van der Waals surface area contributed by atoms with Crippen molar-refractivity contribution in [3.05, 3.63) is 0 Å². The maximum absolute atomic E-state index is 8.54. The van der Waals surface area contributed by atoms with Gasteiger partial charge >= 0.3 is 0 Å². The van der Waals surface area contributed by atoms with Crippen LogP contribution in [0.15, 0.2) is 0 Å². The monoisotopic (exact) mass is 215 g/mol. The van der Waals surface area contributed by atoms with Gasteiger partial charge in [-0.3, -0.25) is 0 Å². The van der Waals surface area contributed by atoms with Crippen LogP contribution in [0.2, 0.25) is 0 Å². The Morgan fingerprint density at radius 3 is 2.40 bits per heavy atom. The summed E-state index contributed by atoms with van der Waals surface area (Å²) in [6.45, 7) is 6.87. The zero-order valence-corrected chi connectivity index (χ0v) is 10.0. The van der Waals surface area contributed by atoms with Crippen LogP contribution in [0.25, 0.3) is 0 Å². The van der Waals surface area contributed by atoms with Gasteiger partial charge in [-0.2, -0.15) is 0 Å². The zero-order chi connectivity index (χ0) is 11.1. The van der Waals surface area contributed by atoms with E-state index in [2.05, 4.69) is 19.2 Å². The molecule has 90 valence electrons. The van der Waals surface area contributed by atoms with E-state index in [9.17, 15) is 0 Å². The van der Waals surface area contributed by atoms with Crippen LogP contribution in [-0.4, -0.2) is 37.5 Å². The first-order valence-electron chi connectivity index (χ1n) is 6.14. The number of rotatable bonds is 6. The largest absolute Gasteiger partial charge is 0.394 e. The van der Waals surface area contributed by atoms with Gasteiger partial charge in [-0.05, 0) is 31.1 Å². The molecule has 0 bridgehead atoms. The molecule has 0 heterocycles. The highest BCUT2D eigenvalue weighted by molar-refractivity contribution is 4.79. The van der Waals surface area contributed by atoms with E-state index in [0.29, 0.717) is 19.3 Å². The van der Waals surface area contributed by atoms with Gasteiger partial charge in [-0.25, -0.2) is 0 Å². The van der Waals surface area contributed by atoms with Gasteiger partial charge in [-0.15, -0.1) is 0 Å². The Labute approximate surface area is 93.2 Å². The molecular formula is C12H25NO2. The first kappa shape index (κ1) is 12.9. The number of nitrogens with one attached hydrogen (secondary N) is 1. The van der Waals surface area contributed by atoms with Crippen LogP contribution in [-0.2, 0) is 4.74 Å². The summed E-state index contributed by atoms with van der Waals surface area (Å²) in [5.74, 6) is 1.70. The van der Waals surface area contributed by atoms with E-state index >= 15 is 0 Å². The normalized spacial score (nSPS) is 31.8. The number of aliphatic hydroxyl groups is 1. The first-order chi connectivity index (χ1) is 7.22. The topological polar surface area (TPSA) is 41.5 Å². The van der Waals surface area contributed by atoms with E-state index in [0.717, 1.165) is 18.4 Å². The van der Waals surface area contributed by atoms with Crippen LogP contribution < -0.4 is 5.32 Å². The van der Waals surface area contributed by atoms with E-state index < -0.39 is 0 Å². The molecule has 1 fully saturated rings. The first-order valence-corrected chi connectivity index (χ1v) is 6.14. The Balaban J connectivity index is 2.04. The third-order valence-electron chi connectivity index (χ3n) is 3.09. The molecule has 0 aliphatic heterocycles. The van der Waals surface area contributed by atoms with Crippen molar-refractivity contribution in [1.82, 2.24) is 5.32 Å². The molecule has 1 rings (SSSR count). The third kappa shape index (κ3) is 5.50. The predicted molar refractivity (Wildman–Crippen MR) is 61.9 cm³/mol. The molecule has 15 heavy (non-hydrogen) atoms. The second-order valence-corrected chi connectivity index (χ2v) is 4.90. The summed E-state index contributed by atoms with van der Waals surface area (Å²) in [6.07, 6.45) is 3.97. The second kappa shape index (κ2) is 7.20. The van der Waals surface area contributed by atoms with E-state index in [1.54, 1.807) is 0 Å². The molecule has 3 heteroatoms.